The fraction of sp³-hybridized carbons (Fsp3) is 0.458. The lowest BCUT2D eigenvalue weighted by Crippen LogP contribution is -2.49. The monoisotopic (exact) mass is 443 g/mol. The van der Waals surface area contributed by atoms with Gasteiger partial charge >= 0.3 is 0 Å². The van der Waals surface area contributed by atoms with E-state index < -0.39 is 16.1 Å². The average Bonchev–Trinajstić information content (AvgIpc) is 3.22. The van der Waals surface area contributed by atoms with Crippen LogP contribution in [-0.2, 0) is 27.9 Å². The molecule has 1 saturated heterocycles. The molecular weight excluding hydrogens is 410 g/mol. The number of hydrogen-bond acceptors (Lipinski definition) is 4. The van der Waals surface area contributed by atoms with Crippen LogP contribution in [0.2, 0.25) is 0 Å². The summed E-state index contributed by atoms with van der Waals surface area (Å²) in [4.78, 5) is 15.5. The van der Waals surface area contributed by atoms with Gasteiger partial charge in [0.25, 0.3) is 0 Å². The van der Waals surface area contributed by atoms with Crippen molar-refractivity contribution in [2.24, 2.45) is 0 Å². The average molecular weight is 444 g/mol. The highest BCUT2D eigenvalue weighted by atomic mass is 32.2. The first-order valence-electron chi connectivity index (χ1n) is 10.9. The Balaban J connectivity index is 1.71. The molecule has 0 unspecified atom stereocenters. The maximum absolute atomic E-state index is 13.0. The summed E-state index contributed by atoms with van der Waals surface area (Å²) in [5.41, 5.74) is 3.70. The van der Waals surface area contributed by atoms with Crippen LogP contribution in [0.25, 0.3) is 0 Å². The molecule has 1 fully saturated rings. The number of hydrogen-bond donors (Lipinski definition) is 1. The number of nitrogens with zero attached hydrogens (tertiary/aromatic N) is 2. The number of nitrogens with one attached hydrogen (secondary N) is 1. The maximum Gasteiger partial charge on any atom is 0.244 e. The second-order valence-corrected chi connectivity index (χ2v) is 10.2. The first-order chi connectivity index (χ1) is 14.8. The zero-order valence-corrected chi connectivity index (χ0v) is 19.5. The Morgan fingerprint density at radius 2 is 1.77 bits per heavy atom. The van der Waals surface area contributed by atoms with Crippen LogP contribution in [0.5, 0.6) is 0 Å². The fourth-order valence-corrected chi connectivity index (χ4v) is 5.37. The molecule has 1 aliphatic heterocycles. The van der Waals surface area contributed by atoms with E-state index in [-0.39, 0.29) is 5.91 Å². The molecule has 1 aliphatic rings. The van der Waals surface area contributed by atoms with Crippen molar-refractivity contribution in [3.05, 3.63) is 65.2 Å². The normalized spacial score (nSPS) is 15.6. The van der Waals surface area contributed by atoms with Crippen LogP contribution in [0, 0.1) is 6.92 Å². The molecule has 0 radical (unpaired) electrons. The molecule has 1 atom stereocenters. The summed E-state index contributed by atoms with van der Waals surface area (Å²) in [6.45, 7) is 7.30. The van der Waals surface area contributed by atoms with Gasteiger partial charge in [-0.15, -0.1) is 0 Å². The predicted octanol–water partition coefficient (Wildman–Crippen LogP) is 3.45. The maximum atomic E-state index is 13.0. The smallest absolute Gasteiger partial charge is 0.244 e. The van der Waals surface area contributed by atoms with Gasteiger partial charge in [-0.1, -0.05) is 43.3 Å². The van der Waals surface area contributed by atoms with Crippen molar-refractivity contribution in [2.75, 3.05) is 23.7 Å². The number of carbonyl (C=O) groups excluding carboxylic acids is 1. The van der Waals surface area contributed by atoms with Crippen LogP contribution in [0.3, 0.4) is 0 Å². The van der Waals surface area contributed by atoms with Crippen molar-refractivity contribution < 1.29 is 13.2 Å². The van der Waals surface area contributed by atoms with E-state index in [9.17, 15) is 13.2 Å². The predicted molar refractivity (Wildman–Crippen MR) is 125 cm³/mol. The molecule has 1 N–H and O–H groups in total. The second kappa shape index (κ2) is 10.3. The summed E-state index contributed by atoms with van der Waals surface area (Å²) < 4.78 is 26.4. The highest BCUT2D eigenvalue weighted by Crippen LogP contribution is 2.23. The third kappa shape index (κ3) is 6.31. The molecule has 31 heavy (non-hydrogen) atoms. The van der Waals surface area contributed by atoms with Gasteiger partial charge in [0.15, 0.2) is 0 Å². The van der Waals surface area contributed by atoms with E-state index in [1.54, 1.807) is 18.2 Å². The highest BCUT2D eigenvalue weighted by molar-refractivity contribution is 7.92. The Morgan fingerprint density at radius 1 is 1.10 bits per heavy atom. The lowest BCUT2D eigenvalue weighted by molar-refractivity contribution is -0.122. The Morgan fingerprint density at radius 3 is 2.42 bits per heavy atom. The zero-order valence-electron chi connectivity index (χ0n) is 18.7. The summed E-state index contributed by atoms with van der Waals surface area (Å²) in [5, 5.41) is 2.95. The van der Waals surface area contributed by atoms with Crippen molar-refractivity contribution in [3.8, 4) is 0 Å². The van der Waals surface area contributed by atoms with Gasteiger partial charge in [-0.3, -0.25) is 14.0 Å². The van der Waals surface area contributed by atoms with Crippen LogP contribution in [0.1, 0.15) is 42.9 Å². The molecule has 0 aliphatic carbocycles. The summed E-state index contributed by atoms with van der Waals surface area (Å²) in [6, 6.07) is 14.7. The van der Waals surface area contributed by atoms with Crippen LogP contribution >= 0.6 is 0 Å². The summed E-state index contributed by atoms with van der Waals surface area (Å²) >= 11 is 0. The lowest BCUT2D eigenvalue weighted by Gasteiger charge is -2.30. The van der Waals surface area contributed by atoms with E-state index in [0.29, 0.717) is 18.7 Å². The number of anilines is 1. The summed E-state index contributed by atoms with van der Waals surface area (Å²) in [7, 11) is -3.63. The van der Waals surface area contributed by atoms with E-state index in [1.165, 1.54) is 22.7 Å². The van der Waals surface area contributed by atoms with Gasteiger partial charge in [0, 0.05) is 13.1 Å². The van der Waals surface area contributed by atoms with E-state index in [0.717, 1.165) is 37.0 Å². The summed E-state index contributed by atoms with van der Waals surface area (Å²) in [5.74, 6) is -0.292. The molecule has 6 nitrogen and oxygen atoms in total. The molecule has 7 heteroatoms. The van der Waals surface area contributed by atoms with Crippen LogP contribution < -0.4 is 9.62 Å². The van der Waals surface area contributed by atoms with E-state index in [2.05, 4.69) is 22.3 Å². The van der Waals surface area contributed by atoms with Crippen molar-refractivity contribution in [2.45, 2.75) is 52.2 Å². The van der Waals surface area contributed by atoms with Gasteiger partial charge in [0.2, 0.25) is 15.9 Å². The third-order valence-electron chi connectivity index (χ3n) is 5.65. The standard InChI is InChI=1S/C24H33N3O3S/c1-4-23(27(31(3,29)30)22-12-7-9-19(2)15-22)24(28)25-17-20-10-8-11-21(16-20)18-26-13-5-6-14-26/h7-12,15-16,23H,4-6,13-14,17-18H2,1-3H3,(H,25,28)/t23-/m1/s1. The van der Waals surface area contributed by atoms with Crippen LogP contribution in [0.15, 0.2) is 48.5 Å². The molecule has 1 amide bonds. The SMILES string of the molecule is CC[C@H](C(=O)NCc1cccc(CN2CCCC2)c1)N(c1cccc(C)c1)S(C)(=O)=O. The lowest BCUT2D eigenvalue weighted by atomic mass is 10.1. The Hall–Kier alpha value is -2.38. The quantitative estimate of drug-likeness (QED) is 0.644. The van der Waals surface area contributed by atoms with Crippen molar-refractivity contribution in [1.82, 2.24) is 10.2 Å². The van der Waals surface area contributed by atoms with Gasteiger partial charge < -0.3 is 5.32 Å². The van der Waals surface area contributed by atoms with Gasteiger partial charge in [0.1, 0.15) is 6.04 Å². The molecule has 3 rings (SSSR count). The highest BCUT2D eigenvalue weighted by Gasteiger charge is 2.31. The minimum absolute atomic E-state index is 0.292. The topological polar surface area (TPSA) is 69.7 Å². The van der Waals surface area contributed by atoms with Crippen LogP contribution in [-0.4, -0.2) is 44.6 Å². The molecule has 2 aromatic carbocycles. The molecule has 168 valence electrons. The van der Waals surface area contributed by atoms with E-state index >= 15 is 0 Å². The largest absolute Gasteiger partial charge is 0.350 e. The molecule has 1 heterocycles. The summed E-state index contributed by atoms with van der Waals surface area (Å²) in [6.07, 6.45) is 4.03. The van der Waals surface area contributed by atoms with Crippen molar-refractivity contribution >= 4 is 21.6 Å². The molecule has 0 saturated carbocycles. The molecule has 0 spiro atoms. The first kappa shape index (κ1) is 23.3. The van der Waals surface area contributed by atoms with E-state index in [4.69, 9.17) is 0 Å². The van der Waals surface area contributed by atoms with Crippen LogP contribution in [0.4, 0.5) is 5.69 Å². The molecule has 0 aromatic heterocycles. The minimum Gasteiger partial charge on any atom is -0.350 e. The minimum atomic E-state index is -3.63. The zero-order chi connectivity index (χ0) is 22.4. The molecular formula is C24H33N3O3S. The first-order valence-corrected chi connectivity index (χ1v) is 12.8. The Kier molecular flexibility index (Phi) is 7.73. The number of aryl methyl sites for hydroxylation is 1. The van der Waals surface area contributed by atoms with Gasteiger partial charge in [-0.05, 0) is 68.1 Å². The van der Waals surface area contributed by atoms with Crippen molar-refractivity contribution in [3.63, 3.8) is 0 Å². The van der Waals surface area contributed by atoms with E-state index in [1.807, 2.05) is 32.0 Å². The molecule has 0 bridgehead atoms. The number of rotatable bonds is 9. The van der Waals surface area contributed by atoms with Crippen molar-refractivity contribution in [1.29, 1.82) is 0 Å². The number of amides is 1. The molecule has 2 aromatic rings. The Labute approximate surface area is 186 Å². The Bertz CT molecular complexity index is 1000. The fourth-order valence-electron chi connectivity index (χ4n) is 4.17. The number of likely N-dealkylation sites (tertiary alicyclic amines) is 1. The number of sulfonamides is 1. The third-order valence-corrected chi connectivity index (χ3v) is 6.83. The van der Waals surface area contributed by atoms with Gasteiger partial charge in [0.05, 0.1) is 11.9 Å². The number of benzene rings is 2. The van der Waals surface area contributed by atoms with Gasteiger partial charge in [-0.25, -0.2) is 8.42 Å². The number of carbonyl (C=O) groups is 1. The van der Waals surface area contributed by atoms with Gasteiger partial charge in [-0.2, -0.15) is 0 Å². The second-order valence-electron chi connectivity index (χ2n) is 8.34.